The molecule has 2 atom stereocenters. The van der Waals surface area contributed by atoms with E-state index in [2.05, 4.69) is 16.7 Å². The van der Waals surface area contributed by atoms with Crippen molar-refractivity contribution in [2.75, 3.05) is 0 Å². The van der Waals surface area contributed by atoms with Crippen LogP contribution in [0.1, 0.15) is 42.5 Å². The lowest BCUT2D eigenvalue weighted by Crippen LogP contribution is -2.41. The van der Waals surface area contributed by atoms with E-state index >= 15 is 0 Å². The van der Waals surface area contributed by atoms with Gasteiger partial charge in [-0.2, -0.15) is 0 Å². The summed E-state index contributed by atoms with van der Waals surface area (Å²) < 4.78 is 2.25. The molecule has 0 radical (unpaired) electrons. The number of halogens is 1. The number of hydrogen-bond donors (Lipinski definition) is 2. The molecule has 1 aromatic heterocycles. The molecular formula is C23H25ClN2O2. The molecule has 4 rings (SSSR count). The molecule has 1 amide bonds. The lowest BCUT2D eigenvalue weighted by molar-refractivity contribution is -0.129. The number of nitrogens with two attached hydrogens (primary N) is 1. The number of nitrogens with zero attached hydrogens (tertiary/aromatic N) is 1. The number of hydrogen-bond acceptors (Lipinski definition) is 2. The van der Waals surface area contributed by atoms with Crippen molar-refractivity contribution in [3.8, 4) is 5.75 Å². The van der Waals surface area contributed by atoms with Crippen LogP contribution in [0.4, 0.5) is 0 Å². The minimum absolute atomic E-state index is 0.0972. The number of aromatic nitrogens is 1. The Balaban J connectivity index is 1.84. The molecule has 0 saturated heterocycles. The molecule has 0 saturated carbocycles. The largest absolute Gasteiger partial charge is 0.508 e. The average Bonchev–Trinajstić information content (AvgIpc) is 2.96. The van der Waals surface area contributed by atoms with Gasteiger partial charge in [0.25, 0.3) is 0 Å². The standard InChI is InChI=1S/C23H25ClN2O2/c1-23(2,22(25)28)15-11-18-17-8-3-4-9-20(17)26(21(18)19(24)12-15)13-14-6-5-7-16(27)10-14/h3-10,15,19,27H,11-13H2,1-2H3,(H2,25,28). The third-order valence-corrected chi connectivity index (χ3v) is 6.65. The van der Waals surface area contributed by atoms with Crippen LogP contribution in [0.3, 0.4) is 0 Å². The smallest absolute Gasteiger partial charge is 0.223 e. The second kappa shape index (κ2) is 6.85. The van der Waals surface area contributed by atoms with Crippen LogP contribution in [0, 0.1) is 11.3 Å². The second-order valence-electron chi connectivity index (χ2n) is 8.33. The Morgan fingerprint density at radius 1 is 1.25 bits per heavy atom. The van der Waals surface area contributed by atoms with E-state index in [1.165, 1.54) is 10.9 Å². The first kappa shape index (κ1) is 18.9. The zero-order valence-corrected chi connectivity index (χ0v) is 16.9. The summed E-state index contributed by atoms with van der Waals surface area (Å²) in [5.41, 5.74) is 9.55. The first-order valence-corrected chi connectivity index (χ1v) is 10.0. The van der Waals surface area contributed by atoms with Gasteiger partial charge < -0.3 is 15.4 Å². The Hall–Kier alpha value is -2.46. The highest BCUT2D eigenvalue weighted by molar-refractivity contribution is 6.21. The molecule has 4 nitrogen and oxygen atoms in total. The molecule has 2 aromatic carbocycles. The Morgan fingerprint density at radius 3 is 2.71 bits per heavy atom. The molecule has 0 fully saturated rings. The van der Waals surface area contributed by atoms with Crippen molar-refractivity contribution < 1.29 is 9.90 Å². The van der Waals surface area contributed by atoms with E-state index in [1.54, 1.807) is 12.1 Å². The van der Waals surface area contributed by atoms with Gasteiger partial charge in [-0.05, 0) is 48.1 Å². The summed E-state index contributed by atoms with van der Waals surface area (Å²) in [6, 6.07) is 15.6. The van der Waals surface area contributed by atoms with Gasteiger partial charge in [-0.15, -0.1) is 11.6 Å². The maximum atomic E-state index is 12.0. The van der Waals surface area contributed by atoms with Gasteiger partial charge >= 0.3 is 0 Å². The Bertz CT molecular complexity index is 1050. The number of benzene rings is 2. The van der Waals surface area contributed by atoms with Crippen molar-refractivity contribution in [1.82, 2.24) is 4.57 Å². The molecule has 2 unspecified atom stereocenters. The van der Waals surface area contributed by atoms with Gasteiger partial charge in [0, 0.05) is 28.6 Å². The van der Waals surface area contributed by atoms with Gasteiger partial charge in [-0.3, -0.25) is 4.79 Å². The van der Waals surface area contributed by atoms with Gasteiger partial charge in [0.05, 0.1) is 5.38 Å². The van der Waals surface area contributed by atoms with E-state index in [1.807, 2.05) is 38.1 Å². The van der Waals surface area contributed by atoms with E-state index in [0.29, 0.717) is 13.0 Å². The summed E-state index contributed by atoms with van der Waals surface area (Å²) >= 11 is 6.90. The van der Waals surface area contributed by atoms with E-state index in [0.717, 1.165) is 23.2 Å². The number of phenolic OH excluding ortho intramolecular Hbond substituents is 1. The fourth-order valence-corrected chi connectivity index (χ4v) is 4.88. The number of carbonyl (C=O) groups excluding carboxylic acids is 1. The fraction of sp³-hybridized carbons (Fsp3) is 0.348. The van der Waals surface area contributed by atoms with E-state index in [-0.39, 0.29) is 23.0 Å². The van der Waals surface area contributed by atoms with Crippen molar-refractivity contribution in [2.45, 2.75) is 38.6 Å². The minimum atomic E-state index is -0.612. The number of aromatic hydroxyl groups is 1. The van der Waals surface area contributed by atoms with Crippen LogP contribution in [0.2, 0.25) is 0 Å². The van der Waals surface area contributed by atoms with Gasteiger partial charge in [-0.25, -0.2) is 0 Å². The molecule has 0 spiro atoms. The minimum Gasteiger partial charge on any atom is -0.508 e. The van der Waals surface area contributed by atoms with Crippen molar-refractivity contribution in [2.24, 2.45) is 17.1 Å². The summed E-state index contributed by atoms with van der Waals surface area (Å²) in [5, 5.41) is 10.8. The molecule has 146 valence electrons. The Morgan fingerprint density at radius 2 is 2.00 bits per heavy atom. The monoisotopic (exact) mass is 396 g/mol. The predicted molar refractivity (Wildman–Crippen MR) is 113 cm³/mol. The topological polar surface area (TPSA) is 68.2 Å². The molecule has 28 heavy (non-hydrogen) atoms. The number of amides is 1. The Labute approximate surface area is 169 Å². The molecular weight excluding hydrogens is 372 g/mol. The molecule has 5 heteroatoms. The van der Waals surface area contributed by atoms with E-state index in [4.69, 9.17) is 17.3 Å². The number of para-hydroxylation sites is 1. The molecule has 0 bridgehead atoms. The average molecular weight is 397 g/mol. The number of rotatable bonds is 4. The molecule has 3 aromatic rings. The van der Waals surface area contributed by atoms with Crippen LogP contribution in [0.25, 0.3) is 10.9 Å². The Kier molecular flexibility index (Phi) is 4.62. The van der Waals surface area contributed by atoms with Crippen molar-refractivity contribution >= 4 is 28.4 Å². The van der Waals surface area contributed by atoms with Crippen molar-refractivity contribution in [1.29, 1.82) is 0 Å². The highest BCUT2D eigenvalue weighted by Crippen LogP contribution is 2.48. The van der Waals surface area contributed by atoms with E-state index in [9.17, 15) is 9.90 Å². The number of alkyl halides is 1. The summed E-state index contributed by atoms with van der Waals surface area (Å²) in [6.45, 7) is 4.47. The van der Waals surface area contributed by atoms with Gasteiger partial charge in [0.1, 0.15) is 5.75 Å². The van der Waals surface area contributed by atoms with Crippen LogP contribution in [-0.2, 0) is 17.8 Å². The number of phenols is 1. The maximum Gasteiger partial charge on any atom is 0.223 e. The molecule has 0 aliphatic heterocycles. The van der Waals surface area contributed by atoms with Gasteiger partial charge in [0.2, 0.25) is 5.91 Å². The van der Waals surface area contributed by atoms with Crippen LogP contribution in [0.5, 0.6) is 5.75 Å². The van der Waals surface area contributed by atoms with Crippen LogP contribution >= 0.6 is 11.6 Å². The van der Waals surface area contributed by atoms with Crippen molar-refractivity contribution in [3.05, 3.63) is 65.4 Å². The normalized spacial score (nSPS) is 19.5. The maximum absolute atomic E-state index is 12.0. The zero-order chi connectivity index (χ0) is 20.1. The third-order valence-electron chi connectivity index (χ3n) is 6.27. The molecule has 1 heterocycles. The van der Waals surface area contributed by atoms with Crippen molar-refractivity contribution in [3.63, 3.8) is 0 Å². The van der Waals surface area contributed by atoms with Crippen LogP contribution in [0.15, 0.2) is 48.5 Å². The zero-order valence-electron chi connectivity index (χ0n) is 16.2. The fourth-order valence-electron chi connectivity index (χ4n) is 4.42. The molecule has 3 N–H and O–H groups in total. The summed E-state index contributed by atoms with van der Waals surface area (Å²) in [4.78, 5) is 12.0. The lowest BCUT2D eigenvalue weighted by Gasteiger charge is -2.37. The lowest BCUT2D eigenvalue weighted by atomic mass is 9.69. The van der Waals surface area contributed by atoms with Gasteiger partial charge in [-0.1, -0.05) is 44.2 Å². The molecule has 1 aliphatic rings. The highest BCUT2D eigenvalue weighted by Gasteiger charge is 2.41. The predicted octanol–water partition coefficient (Wildman–Crippen LogP) is 4.75. The summed E-state index contributed by atoms with van der Waals surface area (Å²) in [7, 11) is 0. The van der Waals surface area contributed by atoms with Gasteiger partial charge in [0.15, 0.2) is 0 Å². The third kappa shape index (κ3) is 3.06. The highest BCUT2D eigenvalue weighted by atomic mass is 35.5. The molecule has 1 aliphatic carbocycles. The number of fused-ring (bicyclic) bond motifs is 3. The quantitative estimate of drug-likeness (QED) is 0.625. The van der Waals surface area contributed by atoms with E-state index < -0.39 is 5.41 Å². The SMILES string of the molecule is CC(C)(C(N)=O)C1Cc2c(n(Cc3cccc(O)c3)c3ccccc23)C(Cl)C1. The number of primary amides is 1. The summed E-state index contributed by atoms with van der Waals surface area (Å²) in [5.74, 6) is 0.0712. The first-order valence-electron chi connectivity index (χ1n) is 9.61. The number of carbonyl (C=O) groups is 1. The summed E-state index contributed by atoms with van der Waals surface area (Å²) in [6.07, 6.45) is 1.49. The van der Waals surface area contributed by atoms with Crippen LogP contribution < -0.4 is 5.73 Å². The van der Waals surface area contributed by atoms with Crippen LogP contribution in [-0.4, -0.2) is 15.6 Å². The second-order valence-corrected chi connectivity index (χ2v) is 8.85. The first-order chi connectivity index (χ1) is 13.3.